The number of nitrogens with zero attached hydrogens (tertiary/aromatic N) is 3. The molecule has 0 saturated carbocycles. The summed E-state index contributed by atoms with van der Waals surface area (Å²) in [6.07, 6.45) is -5.36. The summed E-state index contributed by atoms with van der Waals surface area (Å²) >= 11 is 1.11. The number of alkyl halides is 3. The van der Waals surface area contributed by atoms with Crippen LogP contribution in [0, 0.1) is 0 Å². The molecule has 0 aliphatic carbocycles. The molecule has 0 radical (unpaired) electrons. The molecule has 7 nitrogen and oxygen atoms in total. The van der Waals surface area contributed by atoms with Crippen molar-refractivity contribution in [1.82, 2.24) is 15.2 Å². The fourth-order valence-electron chi connectivity index (χ4n) is 1.56. The highest BCUT2D eigenvalue weighted by Crippen LogP contribution is 2.32. The highest BCUT2D eigenvalue weighted by molar-refractivity contribution is 7.15. The molecular formula is C12H12F3N3O4S. The van der Waals surface area contributed by atoms with Crippen molar-refractivity contribution in [3.63, 3.8) is 0 Å². The van der Waals surface area contributed by atoms with E-state index in [1.807, 2.05) is 0 Å². The van der Waals surface area contributed by atoms with E-state index in [9.17, 15) is 18.0 Å². The molecule has 2 rings (SSSR count). The minimum atomic E-state index is -4.69. The number of ether oxygens (including phenoxy) is 1. The third kappa shape index (κ3) is 4.20. The summed E-state index contributed by atoms with van der Waals surface area (Å²) in [5.74, 6) is -1.58. The van der Waals surface area contributed by atoms with Gasteiger partial charge >= 0.3 is 18.2 Å². The Bertz CT molecular complexity index is 671. The summed E-state index contributed by atoms with van der Waals surface area (Å²) in [4.78, 5) is 20.8. The molecule has 1 amide bonds. The average molecular weight is 351 g/mol. The molecule has 2 aromatic heterocycles. The first-order chi connectivity index (χ1) is 10.8. The molecule has 0 unspecified atom stereocenters. The molecule has 0 spiro atoms. The van der Waals surface area contributed by atoms with Crippen LogP contribution in [-0.4, -0.2) is 35.0 Å². The number of carbonyl (C=O) groups excluding carboxylic acids is 1. The lowest BCUT2D eigenvalue weighted by Gasteiger charge is -2.17. The molecule has 0 fully saturated rings. The van der Waals surface area contributed by atoms with E-state index < -0.39 is 18.2 Å². The van der Waals surface area contributed by atoms with E-state index in [4.69, 9.17) is 9.57 Å². The van der Waals surface area contributed by atoms with Crippen LogP contribution in [-0.2, 0) is 22.3 Å². The van der Waals surface area contributed by atoms with Gasteiger partial charge in [0.05, 0.1) is 25.1 Å². The Kier molecular flexibility index (Phi) is 5.21. The molecule has 0 bridgehead atoms. The van der Waals surface area contributed by atoms with Gasteiger partial charge in [0.1, 0.15) is 0 Å². The highest BCUT2D eigenvalue weighted by Gasteiger charge is 2.38. The first-order valence-corrected chi connectivity index (χ1v) is 7.15. The molecule has 0 aliphatic heterocycles. The number of amides is 1. The summed E-state index contributed by atoms with van der Waals surface area (Å²) in [6.45, 7) is 1.92. The second kappa shape index (κ2) is 6.96. The maximum Gasteiger partial charge on any atom is 0.471 e. The molecular weight excluding hydrogens is 339 g/mol. The van der Waals surface area contributed by atoms with E-state index in [1.165, 1.54) is 13.2 Å². The molecule has 2 heterocycles. The molecule has 11 heteroatoms. The summed E-state index contributed by atoms with van der Waals surface area (Å²) < 4.78 is 46.3. The van der Waals surface area contributed by atoms with Gasteiger partial charge in [-0.05, 0) is 19.1 Å². The van der Waals surface area contributed by atoms with Crippen LogP contribution in [0.4, 0.5) is 18.0 Å². The number of thiophene rings is 1. The molecule has 23 heavy (non-hydrogen) atoms. The lowest BCUT2D eigenvalue weighted by atomic mass is 10.4. The van der Waals surface area contributed by atoms with Crippen molar-refractivity contribution in [2.24, 2.45) is 0 Å². The van der Waals surface area contributed by atoms with Crippen molar-refractivity contribution >= 4 is 17.4 Å². The SMILES string of the molecule is CCOC(=O)N(Cc1ccc(-c2noc(C(F)(F)F)n2)s1)OC. The number of aromatic nitrogens is 2. The maximum absolute atomic E-state index is 12.4. The highest BCUT2D eigenvalue weighted by atomic mass is 32.1. The van der Waals surface area contributed by atoms with Crippen molar-refractivity contribution in [3.8, 4) is 10.7 Å². The Labute approximate surface area is 132 Å². The summed E-state index contributed by atoms with van der Waals surface area (Å²) in [7, 11) is 1.31. The van der Waals surface area contributed by atoms with Gasteiger partial charge in [0.25, 0.3) is 0 Å². The Morgan fingerprint density at radius 2 is 2.17 bits per heavy atom. The van der Waals surface area contributed by atoms with Gasteiger partial charge in [0, 0.05) is 4.88 Å². The van der Waals surface area contributed by atoms with Crippen LogP contribution in [0.1, 0.15) is 17.7 Å². The first kappa shape index (κ1) is 17.2. The van der Waals surface area contributed by atoms with Crippen molar-refractivity contribution in [1.29, 1.82) is 0 Å². The maximum atomic E-state index is 12.4. The minimum absolute atomic E-state index is 0.0734. The van der Waals surface area contributed by atoms with Gasteiger partial charge in [0.15, 0.2) is 0 Å². The van der Waals surface area contributed by atoms with Gasteiger partial charge < -0.3 is 9.26 Å². The van der Waals surface area contributed by atoms with Crippen molar-refractivity contribution in [3.05, 3.63) is 22.9 Å². The van der Waals surface area contributed by atoms with Crippen molar-refractivity contribution < 1.29 is 32.1 Å². The number of halogens is 3. The molecule has 0 atom stereocenters. The Balaban J connectivity index is 2.11. The van der Waals surface area contributed by atoms with Gasteiger partial charge in [-0.15, -0.1) is 11.3 Å². The average Bonchev–Trinajstić information content (AvgIpc) is 3.13. The third-order valence-electron chi connectivity index (χ3n) is 2.54. The zero-order valence-electron chi connectivity index (χ0n) is 12.1. The number of hydroxylamine groups is 2. The van der Waals surface area contributed by atoms with Crippen LogP contribution >= 0.6 is 11.3 Å². The first-order valence-electron chi connectivity index (χ1n) is 6.33. The van der Waals surface area contributed by atoms with Gasteiger partial charge in [-0.3, -0.25) is 4.84 Å². The number of hydrogen-bond acceptors (Lipinski definition) is 7. The lowest BCUT2D eigenvalue weighted by Crippen LogP contribution is -2.29. The minimum Gasteiger partial charge on any atom is -0.448 e. The van der Waals surface area contributed by atoms with E-state index in [2.05, 4.69) is 14.7 Å². The Hall–Kier alpha value is -2.14. The van der Waals surface area contributed by atoms with Crippen molar-refractivity contribution in [2.45, 2.75) is 19.6 Å². The number of hydrogen-bond donors (Lipinski definition) is 0. The van der Waals surface area contributed by atoms with E-state index in [0.29, 0.717) is 9.75 Å². The van der Waals surface area contributed by atoms with Crippen LogP contribution in [0.15, 0.2) is 16.7 Å². The summed E-state index contributed by atoms with van der Waals surface area (Å²) in [5, 5.41) is 4.28. The fraction of sp³-hybridized carbons (Fsp3) is 0.417. The van der Waals surface area contributed by atoms with Crippen LogP contribution < -0.4 is 0 Å². The van der Waals surface area contributed by atoms with Gasteiger partial charge in [-0.1, -0.05) is 5.16 Å². The molecule has 0 aromatic carbocycles. The third-order valence-corrected chi connectivity index (χ3v) is 3.61. The normalized spacial score (nSPS) is 11.5. The number of carbonyl (C=O) groups is 1. The molecule has 0 aliphatic rings. The van der Waals surface area contributed by atoms with Gasteiger partial charge in [-0.2, -0.15) is 23.2 Å². The molecule has 0 saturated heterocycles. The van der Waals surface area contributed by atoms with E-state index in [0.717, 1.165) is 16.4 Å². The van der Waals surface area contributed by atoms with Gasteiger partial charge in [-0.25, -0.2) is 4.79 Å². The second-order valence-corrected chi connectivity index (χ2v) is 5.27. The summed E-state index contributed by atoms with van der Waals surface area (Å²) in [6, 6.07) is 3.15. The quantitative estimate of drug-likeness (QED) is 0.769. The van der Waals surface area contributed by atoms with Crippen molar-refractivity contribution in [2.75, 3.05) is 13.7 Å². The van der Waals surface area contributed by atoms with Crippen LogP contribution in [0.5, 0.6) is 0 Å². The predicted octanol–water partition coefficient (Wildman–Crippen LogP) is 3.34. The zero-order chi connectivity index (χ0) is 17.0. The van der Waals surface area contributed by atoms with Crippen LogP contribution in [0.2, 0.25) is 0 Å². The lowest BCUT2D eigenvalue weighted by molar-refractivity contribution is -0.159. The largest absolute Gasteiger partial charge is 0.471 e. The van der Waals surface area contributed by atoms with Gasteiger partial charge in [0.2, 0.25) is 5.82 Å². The van der Waals surface area contributed by atoms with E-state index in [1.54, 1.807) is 13.0 Å². The van der Waals surface area contributed by atoms with Crippen LogP contribution in [0.25, 0.3) is 10.7 Å². The molecule has 126 valence electrons. The monoisotopic (exact) mass is 351 g/mol. The molecule has 0 N–H and O–H groups in total. The van der Waals surface area contributed by atoms with E-state index >= 15 is 0 Å². The number of rotatable bonds is 5. The topological polar surface area (TPSA) is 77.7 Å². The predicted molar refractivity (Wildman–Crippen MR) is 72.2 cm³/mol. The zero-order valence-corrected chi connectivity index (χ0v) is 12.9. The van der Waals surface area contributed by atoms with Crippen LogP contribution in [0.3, 0.4) is 0 Å². The fourth-order valence-corrected chi connectivity index (χ4v) is 2.47. The van der Waals surface area contributed by atoms with E-state index in [-0.39, 0.29) is 19.0 Å². The smallest absolute Gasteiger partial charge is 0.448 e. The Morgan fingerprint density at radius 3 is 2.74 bits per heavy atom. The standard InChI is InChI=1S/C12H12F3N3O4S/c1-3-21-11(19)18(20-2)6-7-4-5-8(23-7)9-16-10(22-17-9)12(13,14)15/h4-5H,3,6H2,1-2H3. The second-order valence-electron chi connectivity index (χ2n) is 4.10. The summed E-state index contributed by atoms with van der Waals surface area (Å²) in [5.41, 5.74) is 0. The molecule has 2 aromatic rings. The Morgan fingerprint density at radius 1 is 1.43 bits per heavy atom.